The van der Waals surface area contributed by atoms with Gasteiger partial charge in [0.05, 0.1) is 5.56 Å². The molecule has 0 bridgehead atoms. The van der Waals surface area contributed by atoms with Crippen molar-refractivity contribution in [2.75, 3.05) is 19.1 Å². The minimum atomic E-state index is -0.487. The Morgan fingerprint density at radius 2 is 2.00 bits per heavy atom. The van der Waals surface area contributed by atoms with Crippen LogP contribution in [0.5, 0.6) is 11.5 Å². The van der Waals surface area contributed by atoms with Crippen LogP contribution in [0.25, 0.3) is 0 Å². The van der Waals surface area contributed by atoms with Crippen LogP contribution in [0.15, 0.2) is 42.5 Å². The van der Waals surface area contributed by atoms with Crippen molar-refractivity contribution in [3.63, 3.8) is 0 Å². The largest absolute Gasteiger partial charge is 0.454 e. The van der Waals surface area contributed by atoms with E-state index >= 15 is 0 Å². The quantitative estimate of drug-likeness (QED) is 0.845. The molecule has 0 spiro atoms. The van der Waals surface area contributed by atoms with Gasteiger partial charge in [-0.15, -0.1) is 11.8 Å². The van der Waals surface area contributed by atoms with E-state index in [1.54, 1.807) is 28.8 Å². The van der Waals surface area contributed by atoms with Crippen molar-refractivity contribution in [2.24, 2.45) is 0 Å². The third kappa shape index (κ3) is 2.53. The van der Waals surface area contributed by atoms with Crippen LogP contribution in [-0.2, 0) is 0 Å². The second kappa shape index (κ2) is 5.77. The predicted octanol–water partition coefficient (Wildman–Crippen LogP) is 3.44. The molecule has 0 N–H and O–H groups in total. The van der Waals surface area contributed by atoms with Crippen molar-refractivity contribution < 1.29 is 18.7 Å². The molecule has 2 aliphatic heterocycles. The van der Waals surface area contributed by atoms with Crippen LogP contribution < -0.4 is 9.47 Å². The number of amides is 1. The summed E-state index contributed by atoms with van der Waals surface area (Å²) in [5.74, 6) is 1.45. The zero-order valence-corrected chi connectivity index (χ0v) is 13.0. The Balaban J connectivity index is 1.64. The maximum atomic E-state index is 13.9. The molecule has 4 rings (SSSR count). The van der Waals surface area contributed by atoms with Crippen molar-refractivity contribution in [1.82, 2.24) is 4.90 Å². The van der Waals surface area contributed by atoms with E-state index in [0.29, 0.717) is 18.0 Å². The monoisotopic (exact) mass is 331 g/mol. The first-order valence-corrected chi connectivity index (χ1v) is 8.35. The fraction of sp³-hybridized carbons (Fsp3) is 0.235. The average molecular weight is 331 g/mol. The SMILES string of the molecule is O=C(c1ccccc1F)N1CCSC1c1ccc2c(c1)OCO2. The maximum absolute atomic E-state index is 13.9. The van der Waals surface area contributed by atoms with Crippen LogP contribution >= 0.6 is 11.8 Å². The third-order valence-corrected chi connectivity index (χ3v) is 5.20. The number of carbonyl (C=O) groups excluding carboxylic acids is 1. The van der Waals surface area contributed by atoms with E-state index in [0.717, 1.165) is 11.3 Å². The number of fused-ring (bicyclic) bond motifs is 1. The van der Waals surface area contributed by atoms with Gasteiger partial charge in [0.25, 0.3) is 5.91 Å². The van der Waals surface area contributed by atoms with E-state index in [2.05, 4.69) is 0 Å². The molecule has 2 aromatic rings. The Labute approximate surface area is 137 Å². The summed E-state index contributed by atoms with van der Waals surface area (Å²) < 4.78 is 24.6. The molecule has 0 aromatic heterocycles. The molecule has 23 heavy (non-hydrogen) atoms. The van der Waals surface area contributed by atoms with Crippen LogP contribution in [0.3, 0.4) is 0 Å². The Morgan fingerprint density at radius 1 is 1.17 bits per heavy atom. The van der Waals surface area contributed by atoms with Gasteiger partial charge in [-0.25, -0.2) is 4.39 Å². The molecule has 6 heteroatoms. The summed E-state index contributed by atoms with van der Waals surface area (Å²) in [7, 11) is 0. The van der Waals surface area contributed by atoms with E-state index in [1.165, 1.54) is 12.1 Å². The van der Waals surface area contributed by atoms with E-state index in [1.807, 2.05) is 18.2 Å². The van der Waals surface area contributed by atoms with Crippen LogP contribution in [0.4, 0.5) is 4.39 Å². The lowest BCUT2D eigenvalue weighted by Crippen LogP contribution is -2.31. The molecule has 0 saturated carbocycles. The van der Waals surface area contributed by atoms with E-state index in [9.17, 15) is 9.18 Å². The molecule has 1 saturated heterocycles. The smallest absolute Gasteiger partial charge is 0.258 e. The average Bonchev–Trinajstić information content (AvgIpc) is 3.23. The summed E-state index contributed by atoms with van der Waals surface area (Å²) in [5.41, 5.74) is 1.07. The lowest BCUT2D eigenvalue weighted by molar-refractivity contribution is 0.0755. The Morgan fingerprint density at radius 3 is 2.87 bits per heavy atom. The molecular formula is C17H14FNO3S. The van der Waals surface area contributed by atoms with Gasteiger partial charge in [0.1, 0.15) is 11.2 Å². The molecule has 1 unspecified atom stereocenters. The standard InChI is InChI=1S/C17H14FNO3S/c18-13-4-2-1-3-12(13)16(20)19-7-8-23-17(19)11-5-6-14-15(9-11)22-10-21-14/h1-6,9,17H,7-8,10H2. The minimum Gasteiger partial charge on any atom is -0.454 e. The van der Waals surface area contributed by atoms with Crippen LogP contribution in [0, 0.1) is 5.82 Å². The molecule has 2 aliphatic rings. The molecule has 2 aromatic carbocycles. The van der Waals surface area contributed by atoms with Gasteiger partial charge in [-0.2, -0.15) is 0 Å². The van der Waals surface area contributed by atoms with Crippen molar-refractivity contribution in [3.05, 3.63) is 59.4 Å². The number of benzene rings is 2. The number of hydrogen-bond acceptors (Lipinski definition) is 4. The number of halogens is 1. The van der Waals surface area contributed by atoms with E-state index in [-0.39, 0.29) is 23.6 Å². The topological polar surface area (TPSA) is 38.8 Å². The number of rotatable bonds is 2. The van der Waals surface area contributed by atoms with Gasteiger partial charge in [-0.3, -0.25) is 4.79 Å². The molecule has 118 valence electrons. The van der Waals surface area contributed by atoms with Crippen molar-refractivity contribution in [1.29, 1.82) is 0 Å². The first kappa shape index (κ1) is 14.4. The van der Waals surface area contributed by atoms with Crippen LogP contribution in [0.2, 0.25) is 0 Å². The van der Waals surface area contributed by atoms with Gasteiger partial charge >= 0.3 is 0 Å². The zero-order valence-electron chi connectivity index (χ0n) is 12.2. The van der Waals surface area contributed by atoms with Crippen molar-refractivity contribution >= 4 is 17.7 Å². The Hall–Kier alpha value is -2.21. The summed E-state index contributed by atoms with van der Waals surface area (Å²) in [5, 5.41) is -0.142. The van der Waals surface area contributed by atoms with Gasteiger partial charge < -0.3 is 14.4 Å². The number of nitrogens with zero attached hydrogens (tertiary/aromatic N) is 1. The molecule has 1 amide bonds. The van der Waals surface area contributed by atoms with Crippen molar-refractivity contribution in [3.8, 4) is 11.5 Å². The van der Waals surface area contributed by atoms with Gasteiger partial charge in [-0.1, -0.05) is 18.2 Å². The molecule has 1 atom stereocenters. The number of carbonyl (C=O) groups is 1. The zero-order chi connectivity index (χ0) is 15.8. The van der Waals surface area contributed by atoms with Crippen molar-refractivity contribution in [2.45, 2.75) is 5.37 Å². The third-order valence-electron chi connectivity index (χ3n) is 3.94. The summed E-state index contributed by atoms with van der Waals surface area (Å²) >= 11 is 1.66. The highest BCUT2D eigenvalue weighted by Gasteiger charge is 2.33. The fourth-order valence-electron chi connectivity index (χ4n) is 2.81. The summed E-state index contributed by atoms with van der Waals surface area (Å²) in [6.45, 7) is 0.811. The Bertz CT molecular complexity index is 767. The van der Waals surface area contributed by atoms with Crippen LogP contribution in [0.1, 0.15) is 21.3 Å². The molecule has 1 fully saturated rings. The first-order valence-electron chi connectivity index (χ1n) is 7.31. The number of ether oxygens (including phenoxy) is 2. The van der Waals surface area contributed by atoms with E-state index in [4.69, 9.17) is 9.47 Å². The highest BCUT2D eigenvalue weighted by Crippen LogP contribution is 2.42. The summed E-state index contributed by atoms with van der Waals surface area (Å²) in [6, 6.07) is 11.8. The van der Waals surface area contributed by atoms with Gasteiger partial charge in [0.2, 0.25) is 6.79 Å². The highest BCUT2D eigenvalue weighted by atomic mass is 32.2. The van der Waals surface area contributed by atoms with Gasteiger partial charge in [-0.05, 0) is 29.8 Å². The second-order valence-electron chi connectivity index (χ2n) is 5.31. The fourth-order valence-corrected chi connectivity index (χ4v) is 4.06. The van der Waals surface area contributed by atoms with E-state index < -0.39 is 5.82 Å². The highest BCUT2D eigenvalue weighted by molar-refractivity contribution is 7.99. The number of thioether (sulfide) groups is 1. The second-order valence-corrected chi connectivity index (χ2v) is 6.50. The Kier molecular flexibility index (Phi) is 3.61. The molecular weight excluding hydrogens is 317 g/mol. The molecule has 0 radical (unpaired) electrons. The van der Waals surface area contributed by atoms with Gasteiger partial charge in [0, 0.05) is 12.3 Å². The van der Waals surface area contributed by atoms with Crippen LogP contribution in [-0.4, -0.2) is 29.9 Å². The lowest BCUT2D eigenvalue weighted by atomic mass is 10.1. The maximum Gasteiger partial charge on any atom is 0.258 e. The minimum absolute atomic E-state index is 0.112. The number of hydrogen-bond donors (Lipinski definition) is 0. The predicted molar refractivity (Wildman–Crippen MR) is 85.2 cm³/mol. The summed E-state index contributed by atoms with van der Waals surface area (Å²) in [6.07, 6.45) is 0. The molecule has 2 heterocycles. The molecule has 4 nitrogen and oxygen atoms in total. The lowest BCUT2D eigenvalue weighted by Gasteiger charge is -2.24. The first-order chi connectivity index (χ1) is 11.2. The normalized spacial score (nSPS) is 19.2. The summed E-state index contributed by atoms with van der Waals surface area (Å²) in [4.78, 5) is 14.4. The van der Waals surface area contributed by atoms with Gasteiger partial charge in [0.15, 0.2) is 11.5 Å². The molecule has 0 aliphatic carbocycles.